The summed E-state index contributed by atoms with van der Waals surface area (Å²) in [5.74, 6) is 1.04. The number of aromatic nitrogens is 1. The summed E-state index contributed by atoms with van der Waals surface area (Å²) < 4.78 is 0. The van der Waals surface area contributed by atoms with Crippen LogP contribution >= 0.6 is 0 Å². The lowest BCUT2D eigenvalue weighted by Gasteiger charge is -2.35. The summed E-state index contributed by atoms with van der Waals surface area (Å²) >= 11 is 0. The third-order valence-electron chi connectivity index (χ3n) is 3.72. The quantitative estimate of drug-likeness (QED) is 0.862. The Kier molecular flexibility index (Phi) is 4.58. The monoisotopic (exact) mass is 259 g/mol. The highest BCUT2D eigenvalue weighted by atomic mass is 15.2. The van der Waals surface area contributed by atoms with Gasteiger partial charge in [0.25, 0.3) is 0 Å². The number of hydrogen-bond donors (Lipinski definition) is 2. The molecule has 0 radical (unpaired) electrons. The van der Waals surface area contributed by atoms with Gasteiger partial charge < -0.3 is 11.1 Å². The first-order valence-electron chi connectivity index (χ1n) is 6.89. The van der Waals surface area contributed by atoms with Crippen LogP contribution in [0.5, 0.6) is 0 Å². The lowest BCUT2D eigenvalue weighted by Crippen LogP contribution is -2.43. The summed E-state index contributed by atoms with van der Waals surface area (Å²) in [5, 5.41) is 12.1. The van der Waals surface area contributed by atoms with Crippen LogP contribution in [-0.4, -0.2) is 35.6 Å². The molecule has 0 saturated carbocycles. The molecular formula is C14H21N5. The maximum Gasteiger partial charge on any atom is 0.143 e. The molecule has 5 nitrogen and oxygen atoms in total. The number of piperidine rings is 1. The van der Waals surface area contributed by atoms with E-state index in [-0.39, 0.29) is 0 Å². The van der Waals surface area contributed by atoms with Crippen LogP contribution in [0.25, 0.3) is 0 Å². The van der Waals surface area contributed by atoms with E-state index in [1.165, 1.54) is 25.8 Å². The first-order valence-corrected chi connectivity index (χ1v) is 6.89. The van der Waals surface area contributed by atoms with E-state index in [2.05, 4.69) is 22.1 Å². The normalized spacial score (nSPS) is 19.9. The van der Waals surface area contributed by atoms with Crippen molar-refractivity contribution in [2.24, 2.45) is 0 Å². The largest absolute Gasteiger partial charge is 0.383 e. The maximum absolute atomic E-state index is 8.81. The fourth-order valence-electron chi connectivity index (χ4n) is 2.60. The molecule has 0 spiro atoms. The SMILES string of the molecule is CCN1CCCCC1CNc1ccc(C#N)c(N)n1. The van der Waals surface area contributed by atoms with E-state index < -0.39 is 0 Å². The fraction of sp³-hybridized carbons (Fsp3) is 0.571. The van der Waals surface area contributed by atoms with Gasteiger partial charge in [-0.3, -0.25) is 4.90 Å². The Bertz CT molecular complexity index is 465. The number of nitrogen functional groups attached to an aromatic ring is 1. The molecule has 1 aliphatic rings. The Morgan fingerprint density at radius 1 is 1.53 bits per heavy atom. The van der Waals surface area contributed by atoms with Crippen LogP contribution in [0.1, 0.15) is 31.7 Å². The minimum atomic E-state index is 0.295. The molecule has 1 unspecified atom stereocenters. The van der Waals surface area contributed by atoms with Crippen LogP contribution in [0.3, 0.4) is 0 Å². The van der Waals surface area contributed by atoms with Crippen molar-refractivity contribution in [2.75, 3.05) is 30.7 Å². The minimum Gasteiger partial charge on any atom is -0.383 e. The Balaban J connectivity index is 1.94. The molecule has 5 heteroatoms. The number of likely N-dealkylation sites (N-methyl/N-ethyl adjacent to an activating group) is 1. The van der Waals surface area contributed by atoms with Crippen molar-refractivity contribution in [3.05, 3.63) is 17.7 Å². The van der Waals surface area contributed by atoms with E-state index in [0.29, 0.717) is 17.4 Å². The molecule has 2 rings (SSSR count). The van der Waals surface area contributed by atoms with Crippen LogP contribution in [0.15, 0.2) is 12.1 Å². The number of pyridine rings is 1. The number of nitrogens with one attached hydrogen (secondary N) is 1. The molecule has 3 N–H and O–H groups in total. The van der Waals surface area contributed by atoms with Gasteiger partial charge in [-0.2, -0.15) is 5.26 Å². The van der Waals surface area contributed by atoms with Gasteiger partial charge in [-0.15, -0.1) is 0 Å². The first kappa shape index (κ1) is 13.6. The van der Waals surface area contributed by atoms with Crippen molar-refractivity contribution < 1.29 is 0 Å². The molecule has 0 aromatic carbocycles. The van der Waals surface area contributed by atoms with Gasteiger partial charge in [-0.25, -0.2) is 4.98 Å². The molecule has 0 aliphatic carbocycles. The van der Waals surface area contributed by atoms with Crippen molar-refractivity contribution in [2.45, 2.75) is 32.2 Å². The van der Waals surface area contributed by atoms with Crippen molar-refractivity contribution >= 4 is 11.6 Å². The second-order valence-electron chi connectivity index (χ2n) is 4.90. The average Bonchev–Trinajstić information content (AvgIpc) is 2.45. The number of likely N-dealkylation sites (tertiary alicyclic amines) is 1. The molecule has 0 bridgehead atoms. The number of anilines is 2. The number of nitriles is 1. The first-order chi connectivity index (χ1) is 9.24. The van der Waals surface area contributed by atoms with E-state index >= 15 is 0 Å². The summed E-state index contributed by atoms with van der Waals surface area (Å²) in [6, 6.07) is 6.11. The maximum atomic E-state index is 8.81. The second-order valence-corrected chi connectivity index (χ2v) is 4.90. The van der Waals surface area contributed by atoms with Gasteiger partial charge in [0.2, 0.25) is 0 Å². The van der Waals surface area contributed by atoms with Crippen molar-refractivity contribution in [3.8, 4) is 6.07 Å². The summed E-state index contributed by atoms with van der Waals surface area (Å²) in [6.45, 7) is 5.36. The summed E-state index contributed by atoms with van der Waals surface area (Å²) in [6.07, 6.45) is 3.82. The lowest BCUT2D eigenvalue weighted by atomic mass is 10.0. The van der Waals surface area contributed by atoms with Crippen LogP contribution in [0.4, 0.5) is 11.6 Å². The molecule has 102 valence electrons. The zero-order valence-corrected chi connectivity index (χ0v) is 11.4. The van der Waals surface area contributed by atoms with Gasteiger partial charge in [0.05, 0.1) is 5.56 Å². The Hall–Kier alpha value is -1.80. The topological polar surface area (TPSA) is 78.0 Å². The minimum absolute atomic E-state index is 0.295. The molecule has 1 atom stereocenters. The molecule has 19 heavy (non-hydrogen) atoms. The van der Waals surface area contributed by atoms with Gasteiger partial charge in [0.15, 0.2) is 0 Å². The third kappa shape index (κ3) is 3.36. The van der Waals surface area contributed by atoms with E-state index in [1.54, 1.807) is 6.07 Å². The van der Waals surface area contributed by atoms with E-state index in [0.717, 1.165) is 18.9 Å². The van der Waals surface area contributed by atoms with Gasteiger partial charge in [0, 0.05) is 12.6 Å². The lowest BCUT2D eigenvalue weighted by molar-refractivity contribution is 0.164. The highest BCUT2D eigenvalue weighted by Gasteiger charge is 2.20. The highest BCUT2D eigenvalue weighted by molar-refractivity contribution is 5.53. The predicted molar refractivity (Wildman–Crippen MR) is 76.7 cm³/mol. The summed E-state index contributed by atoms with van der Waals surface area (Å²) in [4.78, 5) is 6.71. The second kappa shape index (κ2) is 6.39. The van der Waals surface area contributed by atoms with Crippen LogP contribution in [0.2, 0.25) is 0 Å². The molecular weight excluding hydrogens is 238 g/mol. The van der Waals surface area contributed by atoms with Crippen molar-refractivity contribution in [3.63, 3.8) is 0 Å². The van der Waals surface area contributed by atoms with E-state index in [4.69, 9.17) is 11.0 Å². The Morgan fingerprint density at radius 2 is 2.37 bits per heavy atom. The zero-order valence-electron chi connectivity index (χ0n) is 11.4. The summed E-state index contributed by atoms with van der Waals surface area (Å²) in [5.41, 5.74) is 6.14. The van der Waals surface area contributed by atoms with E-state index in [1.807, 2.05) is 12.1 Å². The van der Waals surface area contributed by atoms with Gasteiger partial charge in [-0.1, -0.05) is 13.3 Å². The van der Waals surface area contributed by atoms with Gasteiger partial charge >= 0.3 is 0 Å². The number of nitrogens with two attached hydrogens (primary N) is 1. The van der Waals surface area contributed by atoms with Crippen molar-refractivity contribution in [1.82, 2.24) is 9.88 Å². The molecule has 1 fully saturated rings. The molecule has 2 heterocycles. The molecule has 1 aliphatic heterocycles. The smallest absolute Gasteiger partial charge is 0.143 e. The average molecular weight is 259 g/mol. The predicted octanol–water partition coefficient (Wildman–Crippen LogP) is 1.82. The Morgan fingerprint density at radius 3 is 3.05 bits per heavy atom. The van der Waals surface area contributed by atoms with Crippen LogP contribution in [-0.2, 0) is 0 Å². The molecule has 1 aromatic heterocycles. The zero-order chi connectivity index (χ0) is 13.7. The van der Waals surface area contributed by atoms with Gasteiger partial charge in [-0.05, 0) is 38.1 Å². The van der Waals surface area contributed by atoms with Crippen LogP contribution < -0.4 is 11.1 Å². The molecule has 1 aromatic rings. The number of hydrogen-bond acceptors (Lipinski definition) is 5. The fourth-order valence-corrected chi connectivity index (χ4v) is 2.60. The molecule has 0 amide bonds. The summed E-state index contributed by atoms with van der Waals surface area (Å²) in [7, 11) is 0. The Labute approximate surface area is 114 Å². The van der Waals surface area contributed by atoms with Crippen LogP contribution in [0, 0.1) is 11.3 Å². The number of nitrogens with zero attached hydrogens (tertiary/aromatic N) is 3. The standard InChI is InChI=1S/C14H21N5/c1-2-19-8-4-3-5-12(19)10-17-13-7-6-11(9-15)14(16)18-13/h6-7,12H,2-5,8,10H2,1H3,(H3,16,17,18). The van der Waals surface area contributed by atoms with E-state index in [9.17, 15) is 0 Å². The number of rotatable bonds is 4. The highest BCUT2D eigenvalue weighted by Crippen LogP contribution is 2.18. The van der Waals surface area contributed by atoms with Gasteiger partial charge in [0.1, 0.15) is 17.7 Å². The molecule has 1 saturated heterocycles. The van der Waals surface area contributed by atoms with Crippen molar-refractivity contribution in [1.29, 1.82) is 5.26 Å². The third-order valence-corrected chi connectivity index (χ3v) is 3.72.